The third-order valence-corrected chi connectivity index (χ3v) is 6.69. The van der Waals surface area contributed by atoms with Gasteiger partial charge in [-0.25, -0.2) is 0 Å². The normalized spacial score (nSPS) is 14.3. The van der Waals surface area contributed by atoms with E-state index in [2.05, 4.69) is 32.3 Å². The Kier molecular flexibility index (Phi) is 6.03. The molecule has 0 radical (unpaired) electrons. The lowest BCUT2D eigenvalue weighted by molar-refractivity contribution is 0.104. The van der Waals surface area contributed by atoms with Crippen LogP contribution in [0.15, 0.2) is 72.8 Å². The van der Waals surface area contributed by atoms with Crippen molar-refractivity contribution in [1.29, 1.82) is 0 Å². The Labute approximate surface area is 210 Å². The zero-order chi connectivity index (χ0) is 24.3. The van der Waals surface area contributed by atoms with Crippen molar-refractivity contribution in [2.24, 2.45) is 0 Å². The maximum absolute atomic E-state index is 12.7. The summed E-state index contributed by atoms with van der Waals surface area (Å²) < 4.78 is 5.98. The molecule has 1 N–H and O–H groups in total. The Hall–Kier alpha value is -4.26. The lowest BCUT2D eigenvalue weighted by Crippen LogP contribution is -2.31. The van der Waals surface area contributed by atoms with Gasteiger partial charge in [0.05, 0.1) is 6.61 Å². The van der Waals surface area contributed by atoms with Crippen LogP contribution in [0.5, 0.6) is 6.01 Å². The average molecular weight is 478 g/mol. The van der Waals surface area contributed by atoms with E-state index in [1.165, 1.54) is 12.0 Å². The van der Waals surface area contributed by atoms with Crippen molar-refractivity contribution in [2.45, 2.75) is 25.7 Å². The van der Waals surface area contributed by atoms with Crippen LogP contribution in [0.2, 0.25) is 0 Å². The van der Waals surface area contributed by atoms with E-state index >= 15 is 0 Å². The monoisotopic (exact) mass is 477 g/mol. The molecule has 2 heterocycles. The van der Waals surface area contributed by atoms with Gasteiger partial charge in [0, 0.05) is 36.3 Å². The van der Waals surface area contributed by atoms with Gasteiger partial charge < -0.3 is 15.0 Å². The first kappa shape index (κ1) is 22.2. The lowest BCUT2D eigenvalue weighted by atomic mass is 10.1. The summed E-state index contributed by atoms with van der Waals surface area (Å²) in [5.74, 6) is 1.12. The number of nitrogens with one attached hydrogen (secondary N) is 1. The largest absolute Gasteiger partial charge is 0.463 e. The fourth-order valence-corrected chi connectivity index (χ4v) is 4.84. The van der Waals surface area contributed by atoms with E-state index in [-0.39, 0.29) is 5.78 Å². The van der Waals surface area contributed by atoms with Gasteiger partial charge in [-0.3, -0.25) is 4.79 Å². The number of ketones is 1. The molecule has 0 amide bonds. The highest BCUT2D eigenvalue weighted by Crippen LogP contribution is 2.38. The summed E-state index contributed by atoms with van der Waals surface area (Å²) in [4.78, 5) is 28.8. The van der Waals surface area contributed by atoms with Crippen LogP contribution in [-0.2, 0) is 6.42 Å². The van der Waals surface area contributed by atoms with Gasteiger partial charge >= 0.3 is 6.01 Å². The molecule has 0 spiro atoms. The second-order valence-electron chi connectivity index (χ2n) is 9.13. The number of aromatic nitrogens is 3. The maximum atomic E-state index is 12.7. The number of fused-ring (bicyclic) bond motifs is 3. The van der Waals surface area contributed by atoms with Crippen LogP contribution < -0.4 is 15.0 Å². The first-order valence-electron chi connectivity index (χ1n) is 12.5. The van der Waals surface area contributed by atoms with Crippen LogP contribution >= 0.6 is 0 Å². The number of rotatable bonds is 7. The summed E-state index contributed by atoms with van der Waals surface area (Å²) in [7, 11) is 0. The number of ether oxygens (including phenoxy) is 1. The van der Waals surface area contributed by atoms with E-state index < -0.39 is 0 Å². The molecule has 0 unspecified atom stereocenters. The number of carbonyl (C=O) groups excluding carboxylic acids is 1. The molecule has 7 nitrogen and oxygen atoms in total. The summed E-state index contributed by atoms with van der Waals surface area (Å²) in [6.45, 7) is 2.32. The quantitative estimate of drug-likeness (QED) is 0.334. The van der Waals surface area contributed by atoms with Crippen molar-refractivity contribution in [3.8, 4) is 17.1 Å². The van der Waals surface area contributed by atoms with Gasteiger partial charge in [-0.05, 0) is 54.2 Å². The minimum Gasteiger partial charge on any atom is -0.463 e. The van der Waals surface area contributed by atoms with Gasteiger partial charge in [0.1, 0.15) is 0 Å². The summed E-state index contributed by atoms with van der Waals surface area (Å²) in [5, 5.41) is 3.33. The van der Waals surface area contributed by atoms with Crippen molar-refractivity contribution in [3.63, 3.8) is 0 Å². The smallest absolute Gasteiger partial charge is 0.323 e. The second-order valence-corrected chi connectivity index (χ2v) is 9.13. The fourth-order valence-electron chi connectivity index (χ4n) is 4.84. The highest BCUT2D eigenvalue weighted by atomic mass is 16.5. The second kappa shape index (κ2) is 9.77. The first-order chi connectivity index (χ1) is 17.7. The molecule has 0 bridgehead atoms. The average Bonchev–Trinajstić information content (AvgIpc) is 3.21. The van der Waals surface area contributed by atoms with E-state index in [0.717, 1.165) is 60.3 Å². The number of anilines is 3. The molecule has 4 aromatic rings. The Morgan fingerprint density at radius 2 is 1.53 bits per heavy atom. The molecule has 1 fully saturated rings. The van der Waals surface area contributed by atoms with Gasteiger partial charge in [0.25, 0.3) is 0 Å². The zero-order valence-corrected chi connectivity index (χ0v) is 20.0. The topological polar surface area (TPSA) is 80.2 Å². The molecule has 1 aliphatic heterocycles. The Morgan fingerprint density at radius 3 is 2.36 bits per heavy atom. The Balaban J connectivity index is 1.26. The number of benzene rings is 3. The minimum atomic E-state index is 0.0637. The van der Waals surface area contributed by atoms with Gasteiger partial charge in [-0.15, -0.1) is 0 Å². The molecular formula is C29H27N5O2. The molecule has 2 aliphatic rings. The predicted molar refractivity (Wildman–Crippen MR) is 140 cm³/mol. The fraction of sp³-hybridized carbons (Fsp3) is 0.241. The lowest BCUT2D eigenvalue weighted by Gasteiger charge is -2.26. The number of hydrogen-bond acceptors (Lipinski definition) is 7. The van der Waals surface area contributed by atoms with Gasteiger partial charge in [-0.1, -0.05) is 54.6 Å². The number of piperidine rings is 1. The molecule has 1 saturated heterocycles. The van der Waals surface area contributed by atoms with E-state index in [0.29, 0.717) is 24.5 Å². The molecule has 1 aliphatic carbocycles. The van der Waals surface area contributed by atoms with Crippen molar-refractivity contribution in [1.82, 2.24) is 15.0 Å². The molecule has 0 atom stereocenters. The van der Waals surface area contributed by atoms with E-state index in [1.54, 1.807) is 0 Å². The van der Waals surface area contributed by atoms with Crippen molar-refractivity contribution in [2.75, 3.05) is 29.9 Å². The predicted octanol–water partition coefficient (Wildman–Crippen LogP) is 5.44. The van der Waals surface area contributed by atoms with Gasteiger partial charge in [0.15, 0.2) is 5.78 Å². The molecular weight excluding hydrogens is 450 g/mol. The number of nitrogens with zero attached hydrogens (tertiary/aromatic N) is 4. The number of carbonyl (C=O) groups is 1. The molecule has 0 saturated carbocycles. The van der Waals surface area contributed by atoms with E-state index in [4.69, 9.17) is 9.72 Å². The van der Waals surface area contributed by atoms with Crippen molar-refractivity contribution < 1.29 is 9.53 Å². The first-order valence-corrected chi connectivity index (χ1v) is 12.5. The maximum Gasteiger partial charge on any atom is 0.323 e. The Morgan fingerprint density at radius 1 is 0.778 bits per heavy atom. The molecule has 3 aromatic carbocycles. The van der Waals surface area contributed by atoms with Gasteiger partial charge in [0.2, 0.25) is 11.9 Å². The molecule has 7 heteroatoms. The molecule has 36 heavy (non-hydrogen) atoms. The minimum absolute atomic E-state index is 0.0637. The molecule has 180 valence electrons. The third kappa shape index (κ3) is 4.52. The standard InChI is InChI=1S/C29H27N5O2/c35-26-23-12-6-5-11-22(23)25-19-21(13-14-24(25)26)30-27-31-28(34-16-7-2-8-17-34)33-29(32-27)36-18-15-20-9-3-1-4-10-20/h1,3-6,9-14,19H,2,7-8,15-18H2,(H,30,31,32,33). The molecule has 1 aromatic heterocycles. The van der Waals surface area contributed by atoms with Crippen molar-refractivity contribution >= 4 is 23.4 Å². The van der Waals surface area contributed by atoms with Gasteiger partial charge in [-0.2, -0.15) is 15.0 Å². The summed E-state index contributed by atoms with van der Waals surface area (Å²) in [6, 6.07) is 24.0. The summed E-state index contributed by atoms with van der Waals surface area (Å²) in [6.07, 6.45) is 4.24. The summed E-state index contributed by atoms with van der Waals surface area (Å²) >= 11 is 0. The highest BCUT2D eigenvalue weighted by molar-refractivity contribution is 6.22. The third-order valence-electron chi connectivity index (χ3n) is 6.69. The van der Waals surface area contributed by atoms with Crippen LogP contribution in [-0.4, -0.2) is 40.4 Å². The van der Waals surface area contributed by atoms with Crippen LogP contribution in [0.4, 0.5) is 17.6 Å². The molecule has 6 rings (SSSR count). The SMILES string of the molecule is O=C1c2ccccc2-c2cc(Nc3nc(OCCc4ccccc4)nc(N4CCCCC4)n3)ccc21. The van der Waals surface area contributed by atoms with Crippen molar-refractivity contribution in [3.05, 3.63) is 89.5 Å². The van der Waals surface area contributed by atoms with Crippen LogP contribution in [0.3, 0.4) is 0 Å². The van der Waals surface area contributed by atoms with E-state index in [1.807, 2.05) is 60.7 Å². The number of hydrogen-bond donors (Lipinski definition) is 1. The van der Waals surface area contributed by atoms with E-state index in [9.17, 15) is 4.79 Å². The summed E-state index contributed by atoms with van der Waals surface area (Å²) in [5.41, 5.74) is 5.35. The highest BCUT2D eigenvalue weighted by Gasteiger charge is 2.26. The van der Waals surface area contributed by atoms with Crippen LogP contribution in [0.25, 0.3) is 11.1 Å². The Bertz CT molecular complexity index is 1400. The van der Waals surface area contributed by atoms with Crippen LogP contribution in [0.1, 0.15) is 40.7 Å². The zero-order valence-electron chi connectivity index (χ0n) is 20.0. The van der Waals surface area contributed by atoms with Crippen LogP contribution in [0, 0.1) is 0 Å².